The number of para-hydroxylation sites is 1. The van der Waals surface area contributed by atoms with Crippen molar-refractivity contribution in [3.05, 3.63) is 58.8 Å². The Balaban J connectivity index is 1.98. The van der Waals surface area contributed by atoms with Crippen molar-refractivity contribution in [3.63, 3.8) is 0 Å². The Labute approximate surface area is 139 Å². The number of carbonyl (C=O) groups excluding carboxylic acids is 1. The molecule has 0 N–H and O–H groups in total. The van der Waals surface area contributed by atoms with Gasteiger partial charge in [0.2, 0.25) is 0 Å². The first-order valence-electron chi connectivity index (χ1n) is 7.50. The van der Waals surface area contributed by atoms with E-state index in [1.165, 1.54) is 11.3 Å². The van der Waals surface area contributed by atoms with E-state index in [4.69, 9.17) is 4.42 Å². The van der Waals surface area contributed by atoms with Crippen LogP contribution < -0.4 is 4.90 Å². The number of thiazole rings is 1. The van der Waals surface area contributed by atoms with Gasteiger partial charge in [-0.2, -0.15) is 0 Å². The smallest absolute Gasteiger partial charge is 0.278 e. The molecule has 2 heterocycles. The third-order valence-corrected chi connectivity index (χ3v) is 4.68. The predicted octanol–water partition coefficient (Wildman–Crippen LogP) is 4.69. The molecule has 0 aliphatic heterocycles. The molecule has 0 unspecified atom stereocenters. The molecule has 3 rings (SSSR count). The van der Waals surface area contributed by atoms with Gasteiger partial charge in [0.05, 0.1) is 6.26 Å². The quantitative estimate of drug-likeness (QED) is 0.699. The minimum atomic E-state index is -0.0756. The minimum Gasteiger partial charge on any atom is -0.462 e. The van der Waals surface area contributed by atoms with Gasteiger partial charge in [0.1, 0.15) is 5.69 Å². The van der Waals surface area contributed by atoms with E-state index in [2.05, 4.69) is 4.98 Å². The molecule has 23 heavy (non-hydrogen) atoms. The van der Waals surface area contributed by atoms with Crippen LogP contribution in [0.4, 0.5) is 5.69 Å². The normalized spacial score (nSPS) is 10.7. The summed E-state index contributed by atoms with van der Waals surface area (Å²) >= 11 is 1.48. The number of nitrogens with zero attached hydrogens (tertiary/aromatic N) is 2. The summed E-state index contributed by atoms with van der Waals surface area (Å²) in [4.78, 5) is 20.1. The standard InChI is InChI=1S/C18H18N2O2S/c1-4-20(14-9-6-5-8-12(14)2)18(21)16-13(3)23-17(19-16)15-10-7-11-22-15/h5-11H,4H2,1-3H3. The Morgan fingerprint density at radius 3 is 2.65 bits per heavy atom. The molecule has 0 saturated heterocycles. The Morgan fingerprint density at radius 2 is 2.00 bits per heavy atom. The molecule has 118 valence electrons. The molecule has 0 fully saturated rings. The third kappa shape index (κ3) is 2.92. The SMILES string of the molecule is CCN(C(=O)c1nc(-c2ccco2)sc1C)c1ccccc1C. The number of anilines is 1. The summed E-state index contributed by atoms with van der Waals surface area (Å²) in [5.41, 5.74) is 2.49. The lowest BCUT2D eigenvalue weighted by molar-refractivity contribution is 0.0983. The second-order valence-corrected chi connectivity index (χ2v) is 6.44. The van der Waals surface area contributed by atoms with Gasteiger partial charge in [0, 0.05) is 17.1 Å². The zero-order valence-electron chi connectivity index (χ0n) is 13.4. The lowest BCUT2D eigenvalue weighted by Gasteiger charge is -2.22. The van der Waals surface area contributed by atoms with Crippen LogP contribution in [0.3, 0.4) is 0 Å². The van der Waals surface area contributed by atoms with Crippen molar-refractivity contribution >= 4 is 22.9 Å². The molecule has 0 saturated carbocycles. The van der Waals surface area contributed by atoms with E-state index in [-0.39, 0.29) is 5.91 Å². The molecule has 1 aromatic carbocycles. The Morgan fingerprint density at radius 1 is 1.22 bits per heavy atom. The highest BCUT2D eigenvalue weighted by Gasteiger charge is 2.23. The highest BCUT2D eigenvalue weighted by molar-refractivity contribution is 7.15. The number of amides is 1. The van der Waals surface area contributed by atoms with Gasteiger partial charge in [0.25, 0.3) is 5.91 Å². The number of hydrogen-bond donors (Lipinski definition) is 0. The second kappa shape index (κ2) is 6.38. The van der Waals surface area contributed by atoms with Crippen molar-refractivity contribution in [1.82, 2.24) is 4.98 Å². The van der Waals surface area contributed by atoms with Crippen LogP contribution in [0, 0.1) is 13.8 Å². The summed E-state index contributed by atoms with van der Waals surface area (Å²) in [6.45, 7) is 6.49. The molecule has 0 atom stereocenters. The van der Waals surface area contributed by atoms with Crippen molar-refractivity contribution in [2.75, 3.05) is 11.4 Å². The highest BCUT2D eigenvalue weighted by atomic mass is 32.1. The van der Waals surface area contributed by atoms with E-state index >= 15 is 0 Å². The van der Waals surface area contributed by atoms with E-state index in [1.54, 1.807) is 11.2 Å². The summed E-state index contributed by atoms with van der Waals surface area (Å²) in [7, 11) is 0. The summed E-state index contributed by atoms with van der Waals surface area (Å²) in [5.74, 6) is 0.615. The van der Waals surface area contributed by atoms with Crippen molar-refractivity contribution in [2.45, 2.75) is 20.8 Å². The maximum Gasteiger partial charge on any atom is 0.278 e. The van der Waals surface area contributed by atoms with Crippen molar-refractivity contribution in [3.8, 4) is 10.8 Å². The van der Waals surface area contributed by atoms with Crippen LogP contribution in [0.2, 0.25) is 0 Å². The van der Waals surface area contributed by atoms with Gasteiger partial charge in [0.15, 0.2) is 10.8 Å². The number of carbonyl (C=O) groups is 1. The minimum absolute atomic E-state index is 0.0756. The average molecular weight is 326 g/mol. The van der Waals surface area contributed by atoms with E-state index in [9.17, 15) is 4.79 Å². The Kier molecular flexibility index (Phi) is 4.30. The molecule has 0 bridgehead atoms. The second-order valence-electron chi connectivity index (χ2n) is 5.24. The number of aromatic nitrogens is 1. The zero-order chi connectivity index (χ0) is 16.4. The van der Waals surface area contributed by atoms with Gasteiger partial charge in [-0.05, 0) is 44.5 Å². The zero-order valence-corrected chi connectivity index (χ0v) is 14.2. The molecule has 0 spiro atoms. The van der Waals surface area contributed by atoms with Crippen LogP contribution in [0.25, 0.3) is 10.8 Å². The molecule has 0 aliphatic carbocycles. The van der Waals surface area contributed by atoms with Crippen LogP contribution in [0.15, 0.2) is 47.1 Å². The van der Waals surface area contributed by atoms with E-state index in [1.807, 2.05) is 57.2 Å². The topological polar surface area (TPSA) is 46.3 Å². The van der Waals surface area contributed by atoms with E-state index in [0.717, 1.165) is 21.1 Å². The number of benzene rings is 1. The summed E-state index contributed by atoms with van der Waals surface area (Å²) < 4.78 is 5.38. The summed E-state index contributed by atoms with van der Waals surface area (Å²) in [6.07, 6.45) is 1.61. The first-order valence-corrected chi connectivity index (χ1v) is 8.32. The summed E-state index contributed by atoms with van der Waals surface area (Å²) in [6, 6.07) is 11.6. The predicted molar refractivity (Wildman–Crippen MR) is 93.1 cm³/mol. The first-order chi connectivity index (χ1) is 11.1. The van der Waals surface area contributed by atoms with Gasteiger partial charge >= 0.3 is 0 Å². The average Bonchev–Trinajstić information content (AvgIpc) is 3.19. The fraction of sp³-hybridized carbons (Fsp3) is 0.222. The van der Waals surface area contributed by atoms with Gasteiger partial charge in [-0.1, -0.05) is 18.2 Å². The van der Waals surface area contributed by atoms with E-state index in [0.29, 0.717) is 18.0 Å². The largest absolute Gasteiger partial charge is 0.462 e. The Hall–Kier alpha value is -2.40. The third-order valence-electron chi connectivity index (χ3n) is 3.70. The number of hydrogen-bond acceptors (Lipinski definition) is 4. The van der Waals surface area contributed by atoms with Crippen molar-refractivity contribution in [2.24, 2.45) is 0 Å². The van der Waals surface area contributed by atoms with Crippen molar-refractivity contribution < 1.29 is 9.21 Å². The Bertz CT molecular complexity index is 821. The van der Waals surface area contributed by atoms with Gasteiger partial charge < -0.3 is 9.32 Å². The lowest BCUT2D eigenvalue weighted by atomic mass is 10.1. The molecule has 2 aromatic heterocycles. The van der Waals surface area contributed by atoms with Gasteiger partial charge in [-0.25, -0.2) is 4.98 Å². The molecule has 5 heteroatoms. The first kappa shape index (κ1) is 15.5. The van der Waals surface area contributed by atoms with Crippen LogP contribution in [0.5, 0.6) is 0 Å². The fourth-order valence-corrected chi connectivity index (χ4v) is 3.39. The number of furan rings is 1. The highest BCUT2D eigenvalue weighted by Crippen LogP contribution is 2.30. The maximum atomic E-state index is 13.0. The monoisotopic (exact) mass is 326 g/mol. The maximum absolute atomic E-state index is 13.0. The van der Waals surface area contributed by atoms with Gasteiger partial charge in [-0.3, -0.25) is 4.79 Å². The lowest BCUT2D eigenvalue weighted by Crippen LogP contribution is -2.31. The molecule has 0 radical (unpaired) electrons. The molecule has 4 nitrogen and oxygen atoms in total. The van der Waals surface area contributed by atoms with Crippen molar-refractivity contribution in [1.29, 1.82) is 0 Å². The molecular weight excluding hydrogens is 308 g/mol. The molecule has 3 aromatic rings. The molecule has 0 aliphatic rings. The van der Waals surface area contributed by atoms with Crippen LogP contribution in [-0.4, -0.2) is 17.4 Å². The van der Waals surface area contributed by atoms with Crippen LogP contribution in [0.1, 0.15) is 27.9 Å². The van der Waals surface area contributed by atoms with Gasteiger partial charge in [-0.15, -0.1) is 11.3 Å². The molecule has 1 amide bonds. The van der Waals surface area contributed by atoms with Crippen LogP contribution >= 0.6 is 11.3 Å². The molecular formula is C18H18N2O2S. The summed E-state index contributed by atoms with van der Waals surface area (Å²) in [5, 5.41) is 0.733. The number of aryl methyl sites for hydroxylation is 2. The van der Waals surface area contributed by atoms with Crippen LogP contribution in [-0.2, 0) is 0 Å². The van der Waals surface area contributed by atoms with E-state index < -0.39 is 0 Å². The fourth-order valence-electron chi connectivity index (χ4n) is 2.52. The number of rotatable bonds is 4.